The highest BCUT2D eigenvalue weighted by Crippen LogP contribution is 2.31. The molecule has 19 heavy (non-hydrogen) atoms. The summed E-state index contributed by atoms with van der Waals surface area (Å²) in [5, 5.41) is 0.575. The first kappa shape index (κ1) is 14.4. The van der Waals surface area contributed by atoms with Crippen LogP contribution in [0.3, 0.4) is 0 Å². The third-order valence-electron chi connectivity index (χ3n) is 2.85. The minimum absolute atomic E-state index is 0.509. The van der Waals surface area contributed by atoms with Gasteiger partial charge < -0.3 is 4.74 Å². The molecule has 0 bridgehead atoms. The number of halogens is 2. The Labute approximate surface area is 126 Å². The molecule has 0 radical (unpaired) electrons. The summed E-state index contributed by atoms with van der Waals surface area (Å²) in [6.07, 6.45) is 1.57. The molecule has 1 aromatic heterocycles. The van der Waals surface area contributed by atoms with Gasteiger partial charge in [-0.3, -0.25) is 0 Å². The fraction of sp³-hybridized carbons (Fsp3) is 0.267. The first-order valence-corrected chi connectivity index (χ1v) is 7.24. The van der Waals surface area contributed by atoms with Gasteiger partial charge in [-0.1, -0.05) is 31.5 Å². The topological polar surface area (TPSA) is 22.1 Å². The molecule has 0 aliphatic heterocycles. The van der Waals surface area contributed by atoms with E-state index >= 15 is 0 Å². The standard InChI is InChI=1S/C15H15BrClNO/c1-9(2)13-5-4-12(6-10(13)3)19-15-14(16)7-11(17)8-18-15/h4-9H,1-3H3. The number of benzene rings is 1. The third-order valence-corrected chi connectivity index (χ3v) is 3.63. The lowest BCUT2D eigenvalue weighted by atomic mass is 9.98. The van der Waals surface area contributed by atoms with E-state index in [1.54, 1.807) is 12.3 Å². The van der Waals surface area contributed by atoms with Gasteiger partial charge >= 0.3 is 0 Å². The smallest absolute Gasteiger partial charge is 0.233 e. The first-order chi connectivity index (χ1) is 8.97. The van der Waals surface area contributed by atoms with Gasteiger partial charge in [0.05, 0.1) is 9.50 Å². The van der Waals surface area contributed by atoms with Gasteiger partial charge in [-0.15, -0.1) is 0 Å². The number of nitrogens with zero attached hydrogens (tertiary/aromatic N) is 1. The molecule has 1 heterocycles. The Bertz CT molecular complexity index is 599. The summed E-state index contributed by atoms with van der Waals surface area (Å²) in [5.74, 6) is 1.80. The maximum absolute atomic E-state index is 5.85. The zero-order valence-corrected chi connectivity index (χ0v) is 13.4. The van der Waals surface area contributed by atoms with Gasteiger partial charge in [0.1, 0.15) is 5.75 Å². The van der Waals surface area contributed by atoms with Crippen LogP contribution in [0.15, 0.2) is 34.9 Å². The number of pyridine rings is 1. The molecule has 0 aliphatic carbocycles. The third kappa shape index (κ3) is 3.48. The van der Waals surface area contributed by atoms with E-state index in [2.05, 4.69) is 47.8 Å². The Morgan fingerprint density at radius 2 is 2.00 bits per heavy atom. The largest absolute Gasteiger partial charge is 0.438 e. The van der Waals surface area contributed by atoms with E-state index in [1.807, 2.05) is 12.1 Å². The number of hydrogen-bond acceptors (Lipinski definition) is 2. The molecule has 4 heteroatoms. The molecule has 0 N–H and O–H groups in total. The fourth-order valence-electron chi connectivity index (χ4n) is 1.95. The second kappa shape index (κ2) is 5.93. The number of hydrogen-bond donors (Lipinski definition) is 0. The Balaban J connectivity index is 2.26. The van der Waals surface area contributed by atoms with Crippen molar-refractivity contribution in [2.75, 3.05) is 0 Å². The van der Waals surface area contributed by atoms with Crippen LogP contribution in [0.2, 0.25) is 5.02 Å². The molecular weight excluding hydrogens is 326 g/mol. The molecule has 0 aliphatic rings. The average Bonchev–Trinajstić information content (AvgIpc) is 2.32. The van der Waals surface area contributed by atoms with Crippen LogP contribution in [-0.2, 0) is 0 Å². The first-order valence-electron chi connectivity index (χ1n) is 6.07. The van der Waals surface area contributed by atoms with E-state index in [9.17, 15) is 0 Å². The van der Waals surface area contributed by atoms with Crippen LogP contribution in [-0.4, -0.2) is 4.98 Å². The van der Waals surface area contributed by atoms with Crippen molar-refractivity contribution in [2.45, 2.75) is 26.7 Å². The molecule has 2 nitrogen and oxygen atoms in total. The van der Waals surface area contributed by atoms with Crippen molar-refractivity contribution in [3.05, 3.63) is 51.1 Å². The lowest BCUT2D eigenvalue weighted by Gasteiger charge is -2.12. The molecule has 0 atom stereocenters. The molecular formula is C15H15BrClNO. The normalized spacial score (nSPS) is 10.8. The summed E-state index contributed by atoms with van der Waals surface area (Å²) in [6.45, 7) is 6.45. The van der Waals surface area contributed by atoms with Crippen LogP contribution in [0, 0.1) is 6.92 Å². The maximum atomic E-state index is 5.85. The van der Waals surface area contributed by atoms with Crippen LogP contribution < -0.4 is 4.74 Å². The summed E-state index contributed by atoms with van der Waals surface area (Å²) in [5.41, 5.74) is 2.55. The number of rotatable bonds is 3. The van der Waals surface area contributed by atoms with Crippen molar-refractivity contribution >= 4 is 27.5 Å². The lowest BCUT2D eigenvalue weighted by molar-refractivity contribution is 0.459. The van der Waals surface area contributed by atoms with Crippen LogP contribution in [0.4, 0.5) is 0 Å². The van der Waals surface area contributed by atoms with Crippen molar-refractivity contribution in [2.24, 2.45) is 0 Å². The van der Waals surface area contributed by atoms with Gasteiger partial charge in [0.25, 0.3) is 0 Å². The van der Waals surface area contributed by atoms with Gasteiger partial charge in [-0.25, -0.2) is 4.98 Å². The Hall–Kier alpha value is -1.06. The second-order valence-electron chi connectivity index (χ2n) is 4.72. The van der Waals surface area contributed by atoms with E-state index in [0.29, 0.717) is 16.8 Å². The molecule has 1 aromatic carbocycles. The van der Waals surface area contributed by atoms with Crippen LogP contribution in [0.1, 0.15) is 30.9 Å². The van der Waals surface area contributed by atoms with Crippen molar-refractivity contribution in [1.82, 2.24) is 4.98 Å². The van der Waals surface area contributed by atoms with Crippen molar-refractivity contribution in [1.29, 1.82) is 0 Å². The van der Waals surface area contributed by atoms with Crippen LogP contribution in [0.5, 0.6) is 11.6 Å². The molecule has 0 spiro atoms. The molecule has 0 saturated carbocycles. The van der Waals surface area contributed by atoms with Gasteiger partial charge in [-0.05, 0) is 58.1 Å². The Kier molecular flexibility index (Phi) is 4.48. The Morgan fingerprint density at radius 3 is 2.58 bits per heavy atom. The minimum atomic E-state index is 0.509. The highest BCUT2D eigenvalue weighted by atomic mass is 79.9. The SMILES string of the molecule is Cc1cc(Oc2ncc(Cl)cc2Br)ccc1C(C)C. The molecule has 0 fully saturated rings. The van der Waals surface area contributed by atoms with Gasteiger partial charge in [0.15, 0.2) is 0 Å². The zero-order chi connectivity index (χ0) is 14.0. The van der Waals surface area contributed by atoms with E-state index in [4.69, 9.17) is 16.3 Å². The lowest BCUT2D eigenvalue weighted by Crippen LogP contribution is -1.94. The highest BCUT2D eigenvalue weighted by Gasteiger charge is 2.08. The number of aryl methyl sites for hydroxylation is 1. The second-order valence-corrected chi connectivity index (χ2v) is 6.01. The van der Waals surface area contributed by atoms with Crippen molar-refractivity contribution in [3.8, 4) is 11.6 Å². The average molecular weight is 341 g/mol. The monoisotopic (exact) mass is 339 g/mol. The summed E-state index contributed by atoms with van der Waals surface area (Å²) in [7, 11) is 0. The minimum Gasteiger partial charge on any atom is -0.438 e. The van der Waals surface area contributed by atoms with Gasteiger partial charge in [0, 0.05) is 6.20 Å². The maximum Gasteiger partial charge on any atom is 0.233 e. The molecule has 0 amide bonds. The highest BCUT2D eigenvalue weighted by molar-refractivity contribution is 9.10. The summed E-state index contributed by atoms with van der Waals surface area (Å²) >= 11 is 9.24. The summed E-state index contributed by atoms with van der Waals surface area (Å²) < 4.78 is 6.50. The molecule has 2 aromatic rings. The fourth-order valence-corrected chi connectivity index (χ4v) is 2.67. The van der Waals surface area contributed by atoms with Crippen LogP contribution >= 0.6 is 27.5 Å². The van der Waals surface area contributed by atoms with Crippen molar-refractivity contribution < 1.29 is 4.74 Å². The van der Waals surface area contributed by atoms with Crippen LogP contribution in [0.25, 0.3) is 0 Å². The van der Waals surface area contributed by atoms with Crippen molar-refractivity contribution in [3.63, 3.8) is 0 Å². The zero-order valence-electron chi connectivity index (χ0n) is 11.1. The van der Waals surface area contributed by atoms with Gasteiger partial charge in [0.2, 0.25) is 5.88 Å². The molecule has 0 unspecified atom stereocenters. The van der Waals surface area contributed by atoms with Gasteiger partial charge in [-0.2, -0.15) is 0 Å². The predicted molar refractivity (Wildman–Crippen MR) is 82.3 cm³/mol. The quantitative estimate of drug-likeness (QED) is 0.712. The number of aromatic nitrogens is 1. The summed E-state index contributed by atoms with van der Waals surface area (Å²) in [6, 6.07) is 7.85. The van der Waals surface area contributed by atoms with E-state index in [-0.39, 0.29) is 0 Å². The van der Waals surface area contributed by atoms with E-state index in [0.717, 1.165) is 10.2 Å². The molecule has 2 rings (SSSR count). The number of ether oxygens (including phenoxy) is 1. The van der Waals surface area contributed by atoms with E-state index in [1.165, 1.54) is 11.1 Å². The summed E-state index contributed by atoms with van der Waals surface area (Å²) in [4.78, 5) is 4.16. The van der Waals surface area contributed by atoms with E-state index < -0.39 is 0 Å². The molecule has 100 valence electrons. The Morgan fingerprint density at radius 1 is 1.26 bits per heavy atom. The molecule has 0 saturated heterocycles. The predicted octanol–water partition coefficient (Wildman–Crippen LogP) is 5.72.